The minimum atomic E-state index is -0.991. The quantitative estimate of drug-likeness (QED) is 0.438. The summed E-state index contributed by atoms with van der Waals surface area (Å²) in [7, 11) is 1.51. The Kier molecular flexibility index (Phi) is 8.70. The standard InChI is InChI=1S/C27H29N3O5S/c1-34-22-13-6-5-12-21(22)30(24(31)18-29-26(32)23-14-8-16-36-23)25(19-9-3-2-4-10-19)27(33)28-17-20-11-7-15-35-20/h2-6,8-10,12-14,16,20,25H,7,11,15,17-18H2,1H3,(H,28,33)(H,29,32)/t20-,25-/m1/s1. The van der Waals surface area contributed by atoms with Crippen molar-refractivity contribution in [2.45, 2.75) is 25.0 Å². The number of hydrogen-bond donors (Lipinski definition) is 2. The normalized spacial score (nSPS) is 15.6. The van der Waals surface area contributed by atoms with Crippen LogP contribution >= 0.6 is 11.3 Å². The highest BCUT2D eigenvalue weighted by Crippen LogP contribution is 2.35. The zero-order chi connectivity index (χ0) is 25.3. The predicted molar refractivity (Wildman–Crippen MR) is 138 cm³/mol. The van der Waals surface area contributed by atoms with Crippen LogP contribution in [0.25, 0.3) is 0 Å². The number of methoxy groups -OCH3 is 1. The van der Waals surface area contributed by atoms with Crippen LogP contribution in [0.15, 0.2) is 72.1 Å². The number of benzene rings is 2. The molecule has 188 valence electrons. The number of thiophene rings is 1. The van der Waals surface area contributed by atoms with Gasteiger partial charge in [0.1, 0.15) is 11.8 Å². The van der Waals surface area contributed by atoms with E-state index < -0.39 is 11.9 Å². The SMILES string of the molecule is COc1ccccc1N(C(=O)CNC(=O)c1cccs1)[C@@H](C(=O)NC[C@H]1CCCO1)c1ccccc1. The summed E-state index contributed by atoms with van der Waals surface area (Å²) in [6.45, 7) is 0.737. The average molecular weight is 508 g/mol. The molecule has 2 aromatic carbocycles. The Hall–Kier alpha value is -3.69. The van der Waals surface area contributed by atoms with E-state index in [2.05, 4.69) is 10.6 Å². The fraction of sp³-hybridized carbons (Fsp3) is 0.296. The molecule has 0 radical (unpaired) electrons. The molecule has 36 heavy (non-hydrogen) atoms. The molecule has 1 aliphatic rings. The second-order valence-corrected chi connectivity index (χ2v) is 9.24. The number of hydrogen-bond acceptors (Lipinski definition) is 6. The molecule has 1 aromatic heterocycles. The summed E-state index contributed by atoms with van der Waals surface area (Å²) in [5.74, 6) is -0.716. The molecule has 1 saturated heterocycles. The second-order valence-electron chi connectivity index (χ2n) is 8.29. The largest absolute Gasteiger partial charge is 0.495 e. The van der Waals surface area contributed by atoms with Crippen molar-refractivity contribution in [2.24, 2.45) is 0 Å². The fourth-order valence-electron chi connectivity index (χ4n) is 4.15. The maximum absolute atomic E-state index is 13.7. The number of nitrogens with one attached hydrogen (secondary N) is 2. The van der Waals surface area contributed by atoms with Gasteiger partial charge in [0.15, 0.2) is 0 Å². The number of para-hydroxylation sites is 2. The van der Waals surface area contributed by atoms with Gasteiger partial charge in [-0.05, 0) is 42.0 Å². The van der Waals surface area contributed by atoms with E-state index in [1.165, 1.54) is 23.3 Å². The molecule has 2 N–H and O–H groups in total. The van der Waals surface area contributed by atoms with E-state index in [1.54, 1.807) is 53.9 Å². The molecule has 3 amide bonds. The van der Waals surface area contributed by atoms with Crippen molar-refractivity contribution in [1.82, 2.24) is 10.6 Å². The van der Waals surface area contributed by atoms with Crippen LogP contribution in [0.4, 0.5) is 5.69 Å². The highest BCUT2D eigenvalue weighted by Gasteiger charge is 2.34. The highest BCUT2D eigenvalue weighted by molar-refractivity contribution is 7.12. The zero-order valence-corrected chi connectivity index (χ0v) is 20.8. The van der Waals surface area contributed by atoms with Crippen molar-refractivity contribution >= 4 is 34.7 Å². The molecular weight excluding hydrogens is 478 g/mol. The Morgan fingerprint density at radius 3 is 2.53 bits per heavy atom. The molecule has 0 spiro atoms. The maximum atomic E-state index is 13.7. The van der Waals surface area contributed by atoms with Crippen molar-refractivity contribution in [3.8, 4) is 5.75 Å². The van der Waals surface area contributed by atoms with E-state index >= 15 is 0 Å². The van der Waals surface area contributed by atoms with Gasteiger partial charge < -0.3 is 20.1 Å². The minimum Gasteiger partial charge on any atom is -0.495 e. The van der Waals surface area contributed by atoms with Crippen LogP contribution in [0.5, 0.6) is 5.75 Å². The van der Waals surface area contributed by atoms with E-state index in [9.17, 15) is 14.4 Å². The van der Waals surface area contributed by atoms with E-state index in [1.807, 2.05) is 18.2 Å². The summed E-state index contributed by atoms with van der Waals surface area (Å²) in [6, 6.07) is 18.6. The summed E-state index contributed by atoms with van der Waals surface area (Å²) in [4.78, 5) is 41.8. The molecule has 0 aliphatic carbocycles. The molecule has 2 atom stereocenters. The van der Waals surface area contributed by atoms with Crippen LogP contribution < -0.4 is 20.3 Å². The first-order valence-corrected chi connectivity index (χ1v) is 12.7. The van der Waals surface area contributed by atoms with Gasteiger partial charge in [-0.1, -0.05) is 48.5 Å². The Morgan fingerprint density at radius 1 is 1.06 bits per heavy atom. The molecule has 3 aromatic rings. The second kappa shape index (κ2) is 12.3. The Morgan fingerprint density at radius 2 is 1.83 bits per heavy atom. The van der Waals surface area contributed by atoms with Crippen molar-refractivity contribution in [1.29, 1.82) is 0 Å². The topological polar surface area (TPSA) is 97.0 Å². The third-order valence-corrected chi connectivity index (χ3v) is 6.78. The Labute approximate surface area is 214 Å². The number of rotatable bonds is 10. The summed E-state index contributed by atoms with van der Waals surface area (Å²) in [5.41, 5.74) is 1.06. The van der Waals surface area contributed by atoms with E-state index in [-0.39, 0.29) is 24.5 Å². The molecule has 1 aliphatic heterocycles. The first kappa shape index (κ1) is 25.4. The number of carbonyl (C=O) groups excluding carboxylic acids is 3. The third kappa shape index (κ3) is 6.10. The van der Waals surface area contributed by atoms with Crippen molar-refractivity contribution < 1.29 is 23.9 Å². The van der Waals surface area contributed by atoms with Gasteiger partial charge in [-0.15, -0.1) is 11.3 Å². The highest BCUT2D eigenvalue weighted by atomic mass is 32.1. The number of nitrogens with zero attached hydrogens (tertiary/aromatic N) is 1. The smallest absolute Gasteiger partial charge is 0.261 e. The lowest BCUT2D eigenvalue weighted by atomic mass is 10.0. The van der Waals surface area contributed by atoms with Crippen LogP contribution in [-0.4, -0.2) is 50.6 Å². The maximum Gasteiger partial charge on any atom is 0.261 e. The molecule has 0 unspecified atom stereocenters. The molecule has 0 saturated carbocycles. The molecular formula is C27H29N3O5S. The first-order chi connectivity index (χ1) is 17.6. The van der Waals surface area contributed by atoms with Gasteiger partial charge in [0.25, 0.3) is 5.91 Å². The van der Waals surface area contributed by atoms with Crippen LogP contribution in [0.3, 0.4) is 0 Å². The van der Waals surface area contributed by atoms with Gasteiger partial charge >= 0.3 is 0 Å². The molecule has 2 heterocycles. The number of carbonyl (C=O) groups is 3. The number of ether oxygens (including phenoxy) is 2. The monoisotopic (exact) mass is 507 g/mol. The lowest BCUT2D eigenvalue weighted by molar-refractivity contribution is -0.126. The van der Waals surface area contributed by atoms with Gasteiger partial charge in [0, 0.05) is 13.2 Å². The molecule has 8 nitrogen and oxygen atoms in total. The fourth-order valence-corrected chi connectivity index (χ4v) is 4.79. The lowest BCUT2D eigenvalue weighted by Crippen LogP contribution is -2.48. The summed E-state index contributed by atoms with van der Waals surface area (Å²) in [6.07, 6.45) is 1.78. The zero-order valence-electron chi connectivity index (χ0n) is 20.0. The Balaban J connectivity index is 1.66. The van der Waals surface area contributed by atoms with Crippen molar-refractivity contribution in [2.75, 3.05) is 31.7 Å². The Bertz CT molecular complexity index is 1160. The summed E-state index contributed by atoms with van der Waals surface area (Å²) < 4.78 is 11.2. The third-order valence-electron chi connectivity index (χ3n) is 5.91. The van der Waals surface area contributed by atoms with Gasteiger partial charge in [-0.3, -0.25) is 19.3 Å². The van der Waals surface area contributed by atoms with Gasteiger partial charge in [-0.25, -0.2) is 0 Å². The molecule has 1 fully saturated rings. The average Bonchev–Trinajstić information content (AvgIpc) is 3.64. The number of anilines is 1. The lowest BCUT2D eigenvalue weighted by Gasteiger charge is -2.32. The van der Waals surface area contributed by atoms with E-state index in [0.29, 0.717) is 35.0 Å². The van der Waals surface area contributed by atoms with Crippen LogP contribution in [0.2, 0.25) is 0 Å². The van der Waals surface area contributed by atoms with Crippen LogP contribution in [0, 0.1) is 0 Å². The van der Waals surface area contributed by atoms with Crippen molar-refractivity contribution in [3.05, 3.63) is 82.6 Å². The van der Waals surface area contributed by atoms with Gasteiger partial charge in [-0.2, -0.15) is 0 Å². The molecule has 9 heteroatoms. The van der Waals surface area contributed by atoms with Gasteiger partial charge in [0.05, 0.1) is 30.3 Å². The van der Waals surface area contributed by atoms with Gasteiger partial charge in [0.2, 0.25) is 11.8 Å². The van der Waals surface area contributed by atoms with Crippen LogP contribution in [0.1, 0.15) is 34.1 Å². The van der Waals surface area contributed by atoms with E-state index in [4.69, 9.17) is 9.47 Å². The predicted octanol–water partition coefficient (Wildman–Crippen LogP) is 3.56. The summed E-state index contributed by atoms with van der Waals surface area (Å²) in [5, 5.41) is 7.44. The number of amides is 3. The summed E-state index contributed by atoms with van der Waals surface area (Å²) >= 11 is 1.29. The van der Waals surface area contributed by atoms with E-state index in [0.717, 1.165) is 12.8 Å². The minimum absolute atomic E-state index is 0.0501. The molecule has 0 bridgehead atoms. The first-order valence-electron chi connectivity index (χ1n) is 11.8. The van der Waals surface area contributed by atoms with Crippen molar-refractivity contribution in [3.63, 3.8) is 0 Å². The van der Waals surface area contributed by atoms with Crippen LogP contribution in [-0.2, 0) is 14.3 Å². The molecule has 4 rings (SSSR count).